The summed E-state index contributed by atoms with van der Waals surface area (Å²) in [6.07, 6.45) is 1.62. The second kappa shape index (κ2) is 7.59. The van der Waals surface area contributed by atoms with E-state index in [1.54, 1.807) is 6.20 Å². The zero-order chi connectivity index (χ0) is 20.4. The van der Waals surface area contributed by atoms with Crippen LogP contribution < -0.4 is 21.1 Å². The van der Waals surface area contributed by atoms with E-state index in [0.717, 1.165) is 17.1 Å². The fourth-order valence-corrected chi connectivity index (χ4v) is 2.95. The molecule has 2 heterocycles. The fraction of sp³-hybridized carbons (Fsp3) is 0.143. The maximum atomic E-state index is 5.87. The van der Waals surface area contributed by atoms with Crippen molar-refractivity contribution in [3.8, 4) is 11.5 Å². The van der Waals surface area contributed by atoms with Crippen molar-refractivity contribution in [1.82, 2.24) is 19.9 Å². The van der Waals surface area contributed by atoms with Crippen LogP contribution in [0.3, 0.4) is 0 Å². The van der Waals surface area contributed by atoms with Crippen molar-refractivity contribution in [2.45, 2.75) is 13.0 Å². The number of hydrogen-bond acceptors (Lipinski definition) is 8. The van der Waals surface area contributed by atoms with Crippen molar-refractivity contribution in [3.05, 3.63) is 66.4 Å². The Hall–Kier alpha value is -3.94. The van der Waals surface area contributed by atoms with Crippen molar-refractivity contribution >= 4 is 28.7 Å². The van der Waals surface area contributed by atoms with Gasteiger partial charge in [0.25, 0.3) is 0 Å². The summed E-state index contributed by atoms with van der Waals surface area (Å²) in [5, 5.41) is 0.575. The van der Waals surface area contributed by atoms with Crippen molar-refractivity contribution in [3.63, 3.8) is 0 Å². The first kappa shape index (κ1) is 18.4. The Bertz CT molecular complexity index is 1130. The number of nitrogens with two attached hydrogens (primary N) is 2. The SMILES string of the molecule is CC(c1ccc(Oc2ccccc2)cc1)N(C)c1ncc2c(N)nc(N)nc2n1. The molecular weight excluding hydrogens is 366 g/mol. The molecule has 29 heavy (non-hydrogen) atoms. The summed E-state index contributed by atoms with van der Waals surface area (Å²) in [5.41, 5.74) is 13.1. The molecule has 1 unspecified atom stereocenters. The molecule has 2 aromatic heterocycles. The molecule has 4 N–H and O–H groups in total. The highest BCUT2D eigenvalue weighted by molar-refractivity contribution is 5.85. The number of rotatable bonds is 5. The van der Waals surface area contributed by atoms with Crippen LogP contribution in [0, 0.1) is 0 Å². The molecule has 4 aromatic rings. The van der Waals surface area contributed by atoms with E-state index < -0.39 is 0 Å². The van der Waals surface area contributed by atoms with Crippen LogP contribution in [-0.4, -0.2) is 27.0 Å². The Balaban J connectivity index is 1.54. The zero-order valence-electron chi connectivity index (χ0n) is 16.1. The minimum absolute atomic E-state index is 0.0229. The summed E-state index contributed by atoms with van der Waals surface area (Å²) in [4.78, 5) is 19.0. The third-order valence-corrected chi connectivity index (χ3v) is 4.73. The highest BCUT2D eigenvalue weighted by atomic mass is 16.5. The molecule has 0 bridgehead atoms. The highest BCUT2D eigenvalue weighted by Crippen LogP contribution is 2.27. The van der Waals surface area contributed by atoms with E-state index in [9.17, 15) is 0 Å². The van der Waals surface area contributed by atoms with Gasteiger partial charge >= 0.3 is 0 Å². The third-order valence-electron chi connectivity index (χ3n) is 4.73. The molecule has 0 spiro atoms. The van der Waals surface area contributed by atoms with E-state index in [1.165, 1.54) is 0 Å². The van der Waals surface area contributed by atoms with E-state index in [1.807, 2.05) is 66.5 Å². The molecule has 146 valence electrons. The summed E-state index contributed by atoms with van der Waals surface area (Å²) in [5.74, 6) is 2.45. The largest absolute Gasteiger partial charge is 0.457 e. The number of benzene rings is 2. The molecule has 0 aliphatic carbocycles. The summed E-state index contributed by atoms with van der Waals surface area (Å²) in [7, 11) is 1.92. The third kappa shape index (κ3) is 3.86. The van der Waals surface area contributed by atoms with Gasteiger partial charge in [-0.05, 0) is 36.8 Å². The smallest absolute Gasteiger partial charge is 0.227 e. The lowest BCUT2D eigenvalue weighted by Gasteiger charge is -2.25. The fourth-order valence-electron chi connectivity index (χ4n) is 2.95. The lowest BCUT2D eigenvalue weighted by molar-refractivity contribution is 0.482. The molecule has 0 aliphatic rings. The lowest BCUT2D eigenvalue weighted by Crippen LogP contribution is -2.23. The van der Waals surface area contributed by atoms with Gasteiger partial charge in [0.05, 0.1) is 11.4 Å². The summed E-state index contributed by atoms with van der Waals surface area (Å²) < 4.78 is 5.85. The molecule has 1 atom stereocenters. The number of ether oxygens (including phenoxy) is 1. The number of anilines is 3. The van der Waals surface area contributed by atoms with E-state index in [2.05, 4.69) is 26.9 Å². The van der Waals surface area contributed by atoms with E-state index in [4.69, 9.17) is 16.2 Å². The number of fused-ring (bicyclic) bond motifs is 1. The van der Waals surface area contributed by atoms with Gasteiger partial charge in [-0.15, -0.1) is 0 Å². The van der Waals surface area contributed by atoms with Gasteiger partial charge in [-0.25, -0.2) is 4.98 Å². The Morgan fingerprint density at radius 1 is 0.897 bits per heavy atom. The van der Waals surface area contributed by atoms with Gasteiger partial charge in [0.2, 0.25) is 11.9 Å². The maximum absolute atomic E-state index is 5.87. The molecule has 0 amide bonds. The molecule has 4 rings (SSSR count). The zero-order valence-corrected chi connectivity index (χ0v) is 16.1. The van der Waals surface area contributed by atoms with E-state index >= 15 is 0 Å². The first-order chi connectivity index (χ1) is 14.0. The van der Waals surface area contributed by atoms with Crippen molar-refractivity contribution in [1.29, 1.82) is 0 Å². The minimum Gasteiger partial charge on any atom is -0.457 e. The number of hydrogen-bond donors (Lipinski definition) is 2. The minimum atomic E-state index is 0.0229. The van der Waals surface area contributed by atoms with Gasteiger partial charge in [0.15, 0.2) is 5.65 Å². The lowest BCUT2D eigenvalue weighted by atomic mass is 10.1. The van der Waals surface area contributed by atoms with Crippen molar-refractivity contribution in [2.24, 2.45) is 0 Å². The van der Waals surface area contributed by atoms with Crippen LogP contribution in [0.4, 0.5) is 17.7 Å². The average molecular weight is 387 g/mol. The Labute approximate surface area is 168 Å². The van der Waals surface area contributed by atoms with Crippen LogP contribution >= 0.6 is 0 Å². The van der Waals surface area contributed by atoms with Crippen molar-refractivity contribution in [2.75, 3.05) is 23.4 Å². The Morgan fingerprint density at radius 2 is 1.59 bits per heavy atom. The molecule has 0 radical (unpaired) electrons. The van der Waals surface area contributed by atoms with Crippen LogP contribution in [-0.2, 0) is 0 Å². The summed E-state index contributed by atoms with van der Waals surface area (Å²) in [6, 6.07) is 17.6. The molecule has 0 saturated heterocycles. The Morgan fingerprint density at radius 3 is 2.31 bits per heavy atom. The van der Waals surface area contributed by atoms with Gasteiger partial charge in [0, 0.05) is 13.2 Å². The highest BCUT2D eigenvalue weighted by Gasteiger charge is 2.16. The average Bonchev–Trinajstić information content (AvgIpc) is 2.73. The maximum Gasteiger partial charge on any atom is 0.227 e. The first-order valence-corrected chi connectivity index (χ1v) is 9.12. The van der Waals surface area contributed by atoms with E-state index in [0.29, 0.717) is 17.0 Å². The van der Waals surface area contributed by atoms with Crippen LogP contribution in [0.1, 0.15) is 18.5 Å². The number of nitrogens with zero attached hydrogens (tertiary/aromatic N) is 5. The predicted octanol–water partition coefficient (Wildman–Crippen LogP) is 3.57. The van der Waals surface area contributed by atoms with Crippen LogP contribution in [0.2, 0.25) is 0 Å². The van der Waals surface area contributed by atoms with Crippen LogP contribution in [0.15, 0.2) is 60.8 Å². The van der Waals surface area contributed by atoms with E-state index in [-0.39, 0.29) is 17.8 Å². The molecule has 0 aliphatic heterocycles. The summed E-state index contributed by atoms with van der Waals surface area (Å²) in [6.45, 7) is 2.07. The summed E-state index contributed by atoms with van der Waals surface area (Å²) >= 11 is 0. The second-order valence-electron chi connectivity index (χ2n) is 6.65. The molecule has 8 heteroatoms. The van der Waals surface area contributed by atoms with Crippen LogP contribution in [0.5, 0.6) is 11.5 Å². The monoisotopic (exact) mass is 387 g/mol. The van der Waals surface area contributed by atoms with Crippen molar-refractivity contribution < 1.29 is 4.74 Å². The van der Waals surface area contributed by atoms with Gasteiger partial charge < -0.3 is 21.1 Å². The van der Waals surface area contributed by atoms with Gasteiger partial charge in [0.1, 0.15) is 17.3 Å². The Kier molecular flexibility index (Phi) is 4.82. The number of nitrogen functional groups attached to an aromatic ring is 2. The van der Waals surface area contributed by atoms with Gasteiger partial charge in [-0.2, -0.15) is 15.0 Å². The van der Waals surface area contributed by atoms with Gasteiger partial charge in [-0.3, -0.25) is 0 Å². The first-order valence-electron chi connectivity index (χ1n) is 9.12. The standard InChI is InChI=1S/C21H21N7O/c1-13(14-8-10-16(11-9-14)29-15-6-4-3-5-7-15)28(2)21-24-12-17-18(22)25-20(23)26-19(17)27-21/h3-13H,1-2H3,(H4,22,23,24,25,26,27). The normalized spacial score (nSPS) is 11.9. The quantitative estimate of drug-likeness (QED) is 0.534. The predicted molar refractivity (Wildman–Crippen MR) is 114 cm³/mol. The molecular formula is C21H21N7O. The second-order valence-corrected chi connectivity index (χ2v) is 6.65. The number of para-hydroxylation sites is 1. The molecule has 0 saturated carbocycles. The van der Waals surface area contributed by atoms with Gasteiger partial charge in [-0.1, -0.05) is 30.3 Å². The topological polar surface area (TPSA) is 116 Å². The molecule has 0 fully saturated rings. The molecule has 8 nitrogen and oxygen atoms in total. The van der Waals surface area contributed by atoms with Crippen LogP contribution in [0.25, 0.3) is 11.0 Å². The molecule has 2 aromatic carbocycles. The number of aromatic nitrogens is 4.